The van der Waals surface area contributed by atoms with Gasteiger partial charge in [-0.15, -0.1) is 0 Å². The highest BCUT2D eigenvalue weighted by Crippen LogP contribution is 2.40. The Kier molecular flexibility index (Phi) is 4.03. The summed E-state index contributed by atoms with van der Waals surface area (Å²) < 4.78 is 0. The molecule has 0 aromatic heterocycles. The van der Waals surface area contributed by atoms with Crippen LogP contribution in [0.15, 0.2) is 53.7 Å². The number of phenolic OH excluding ortho intramolecular Hbond substituents is 1. The van der Waals surface area contributed by atoms with Gasteiger partial charge >= 0.3 is 0 Å². The van der Waals surface area contributed by atoms with Gasteiger partial charge in [0.15, 0.2) is 0 Å². The second-order valence-electron chi connectivity index (χ2n) is 7.31. The maximum atomic E-state index is 10.5. The van der Waals surface area contributed by atoms with Crippen molar-refractivity contribution in [3.05, 3.63) is 70.3 Å². The molecular formula is C21H25NO. The van der Waals surface area contributed by atoms with Gasteiger partial charge in [-0.25, -0.2) is 0 Å². The van der Waals surface area contributed by atoms with Crippen LogP contribution in [0.2, 0.25) is 0 Å². The summed E-state index contributed by atoms with van der Waals surface area (Å²) in [5.41, 5.74) is 12.7. The lowest BCUT2D eigenvalue weighted by molar-refractivity contribution is 0.440. The number of benzene rings is 1. The molecule has 0 bridgehead atoms. The van der Waals surface area contributed by atoms with Crippen molar-refractivity contribution >= 4 is 5.57 Å². The minimum Gasteiger partial charge on any atom is -0.507 e. The fourth-order valence-electron chi connectivity index (χ4n) is 3.33. The van der Waals surface area contributed by atoms with E-state index in [0.29, 0.717) is 12.3 Å². The molecule has 0 saturated heterocycles. The zero-order valence-electron chi connectivity index (χ0n) is 14.2. The molecule has 1 aromatic rings. The second-order valence-corrected chi connectivity index (χ2v) is 7.31. The molecule has 2 aliphatic carbocycles. The standard InChI is InChI=1S/C21H25NO/c1-21(2,3)19-12-15(11-16(13-22)20(19)23)18-10-6-9-17(18)14-7-4-5-8-14/h4-7,10-12,23H,8-9,13,22H2,1-3H3. The Balaban J connectivity index is 2.16. The van der Waals surface area contributed by atoms with Crippen LogP contribution in [0.4, 0.5) is 0 Å². The SMILES string of the molecule is CC(C)(C)c1cc(C2=C(C3=CC=CC3)CC=C2)cc(CN)c1O. The molecule has 120 valence electrons. The van der Waals surface area contributed by atoms with Crippen LogP contribution in [0, 0.1) is 0 Å². The van der Waals surface area contributed by atoms with E-state index < -0.39 is 0 Å². The smallest absolute Gasteiger partial charge is 0.123 e. The molecule has 0 fully saturated rings. The van der Waals surface area contributed by atoms with E-state index in [2.05, 4.69) is 57.2 Å². The first-order chi connectivity index (χ1) is 10.9. The topological polar surface area (TPSA) is 46.2 Å². The van der Waals surface area contributed by atoms with Crippen LogP contribution in [0.3, 0.4) is 0 Å². The van der Waals surface area contributed by atoms with E-state index in [0.717, 1.165) is 29.5 Å². The summed E-state index contributed by atoms with van der Waals surface area (Å²) in [5.74, 6) is 0.342. The summed E-state index contributed by atoms with van der Waals surface area (Å²) in [6.45, 7) is 6.71. The van der Waals surface area contributed by atoms with Crippen LogP contribution in [-0.2, 0) is 12.0 Å². The van der Waals surface area contributed by atoms with Crippen molar-refractivity contribution < 1.29 is 5.11 Å². The zero-order chi connectivity index (χ0) is 16.6. The summed E-state index contributed by atoms with van der Waals surface area (Å²) in [7, 11) is 0. The fourth-order valence-corrected chi connectivity index (χ4v) is 3.33. The van der Waals surface area contributed by atoms with E-state index in [4.69, 9.17) is 5.73 Å². The van der Waals surface area contributed by atoms with Gasteiger partial charge in [-0.3, -0.25) is 0 Å². The van der Waals surface area contributed by atoms with Crippen molar-refractivity contribution in [2.75, 3.05) is 0 Å². The molecule has 3 rings (SSSR count). The first-order valence-electron chi connectivity index (χ1n) is 8.24. The highest BCUT2D eigenvalue weighted by atomic mass is 16.3. The van der Waals surface area contributed by atoms with Gasteiger partial charge in [0.1, 0.15) is 5.75 Å². The minimum absolute atomic E-state index is 0.124. The van der Waals surface area contributed by atoms with Crippen molar-refractivity contribution in [1.29, 1.82) is 0 Å². The highest BCUT2D eigenvalue weighted by molar-refractivity contribution is 5.84. The van der Waals surface area contributed by atoms with Crippen molar-refractivity contribution in [2.45, 2.75) is 45.6 Å². The summed E-state index contributed by atoms with van der Waals surface area (Å²) in [6.07, 6.45) is 12.9. The number of hydrogen-bond donors (Lipinski definition) is 2. The third kappa shape index (κ3) is 2.91. The normalized spacial score (nSPS) is 17.3. The van der Waals surface area contributed by atoms with E-state index in [9.17, 15) is 5.11 Å². The molecule has 0 heterocycles. The molecular weight excluding hydrogens is 282 g/mol. The van der Waals surface area contributed by atoms with Gasteiger partial charge < -0.3 is 10.8 Å². The zero-order valence-corrected chi connectivity index (χ0v) is 14.2. The van der Waals surface area contributed by atoms with Gasteiger partial charge in [0, 0.05) is 17.7 Å². The van der Waals surface area contributed by atoms with Gasteiger partial charge in [0.25, 0.3) is 0 Å². The first kappa shape index (κ1) is 15.8. The van der Waals surface area contributed by atoms with Gasteiger partial charge in [0.05, 0.1) is 0 Å². The maximum absolute atomic E-state index is 10.5. The second kappa shape index (κ2) is 5.86. The van der Waals surface area contributed by atoms with E-state index in [1.54, 1.807) is 0 Å². The Morgan fingerprint density at radius 1 is 1.13 bits per heavy atom. The van der Waals surface area contributed by atoms with Crippen molar-refractivity contribution in [2.24, 2.45) is 5.73 Å². The Morgan fingerprint density at radius 2 is 1.91 bits per heavy atom. The number of nitrogens with two attached hydrogens (primary N) is 1. The first-order valence-corrected chi connectivity index (χ1v) is 8.24. The largest absolute Gasteiger partial charge is 0.507 e. The molecule has 0 amide bonds. The number of hydrogen-bond acceptors (Lipinski definition) is 2. The molecule has 0 saturated carbocycles. The molecule has 2 heteroatoms. The quantitative estimate of drug-likeness (QED) is 0.846. The third-order valence-electron chi connectivity index (χ3n) is 4.62. The van der Waals surface area contributed by atoms with Crippen LogP contribution in [0.25, 0.3) is 5.57 Å². The molecule has 3 N–H and O–H groups in total. The van der Waals surface area contributed by atoms with Crippen LogP contribution in [0.1, 0.15) is 50.3 Å². The van der Waals surface area contributed by atoms with Crippen molar-refractivity contribution in [1.82, 2.24) is 0 Å². The molecule has 0 aliphatic heterocycles. The Labute approximate surface area is 138 Å². The van der Waals surface area contributed by atoms with E-state index in [-0.39, 0.29) is 5.41 Å². The molecule has 23 heavy (non-hydrogen) atoms. The molecule has 2 nitrogen and oxygen atoms in total. The van der Waals surface area contributed by atoms with E-state index >= 15 is 0 Å². The molecule has 0 unspecified atom stereocenters. The van der Waals surface area contributed by atoms with Crippen LogP contribution in [-0.4, -0.2) is 5.11 Å². The third-order valence-corrected chi connectivity index (χ3v) is 4.62. The van der Waals surface area contributed by atoms with E-state index in [1.807, 2.05) is 6.07 Å². The number of allylic oxidation sites excluding steroid dienone is 8. The lowest BCUT2D eigenvalue weighted by Gasteiger charge is -2.23. The summed E-state index contributed by atoms with van der Waals surface area (Å²) in [6, 6.07) is 4.17. The Hall–Kier alpha value is -2.06. The summed E-state index contributed by atoms with van der Waals surface area (Å²) >= 11 is 0. The maximum Gasteiger partial charge on any atom is 0.123 e. The molecule has 1 aromatic carbocycles. The van der Waals surface area contributed by atoms with Gasteiger partial charge in [-0.2, -0.15) is 0 Å². The van der Waals surface area contributed by atoms with Crippen molar-refractivity contribution in [3.63, 3.8) is 0 Å². The minimum atomic E-state index is -0.124. The van der Waals surface area contributed by atoms with Crippen LogP contribution < -0.4 is 5.73 Å². The Morgan fingerprint density at radius 3 is 2.52 bits per heavy atom. The lowest BCUT2D eigenvalue weighted by atomic mass is 9.82. The number of rotatable bonds is 3. The van der Waals surface area contributed by atoms with Gasteiger partial charge in [0.2, 0.25) is 0 Å². The number of aromatic hydroxyl groups is 1. The monoisotopic (exact) mass is 307 g/mol. The van der Waals surface area contributed by atoms with Crippen LogP contribution >= 0.6 is 0 Å². The molecule has 0 atom stereocenters. The van der Waals surface area contributed by atoms with E-state index in [1.165, 1.54) is 16.7 Å². The van der Waals surface area contributed by atoms with Gasteiger partial charge in [-0.05, 0) is 52.7 Å². The Bertz CT molecular complexity index is 755. The van der Waals surface area contributed by atoms with Crippen LogP contribution in [0.5, 0.6) is 5.75 Å². The summed E-state index contributed by atoms with van der Waals surface area (Å²) in [4.78, 5) is 0. The fraction of sp³-hybridized carbons (Fsp3) is 0.333. The number of phenols is 1. The average molecular weight is 307 g/mol. The molecule has 0 spiro atoms. The highest BCUT2D eigenvalue weighted by Gasteiger charge is 2.23. The predicted molar refractivity (Wildman–Crippen MR) is 97.2 cm³/mol. The average Bonchev–Trinajstić information content (AvgIpc) is 3.16. The molecule has 2 aliphatic rings. The predicted octanol–water partition coefficient (Wildman–Crippen LogP) is 4.75. The lowest BCUT2D eigenvalue weighted by Crippen LogP contribution is -2.13. The summed E-state index contributed by atoms with van der Waals surface area (Å²) in [5, 5.41) is 10.5. The van der Waals surface area contributed by atoms with Crippen molar-refractivity contribution in [3.8, 4) is 5.75 Å². The van der Waals surface area contributed by atoms with Gasteiger partial charge in [-0.1, -0.05) is 51.2 Å². The molecule has 0 radical (unpaired) electrons.